The van der Waals surface area contributed by atoms with Crippen molar-refractivity contribution in [2.24, 2.45) is 0 Å². The summed E-state index contributed by atoms with van der Waals surface area (Å²) < 4.78 is 12.6. The standard InChI is InChI=1S/C19H20N2O4/c1-12-5-4-8-21-15(11-20-19(12)21)14(10-18(22)23)13-6-7-16(24-2)17(9-13)25-3/h4-9,11,14H,10H2,1-3H3,(H,22,23). The zero-order valence-electron chi connectivity index (χ0n) is 14.4. The maximum atomic E-state index is 11.5. The summed E-state index contributed by atoms with van der Waals surface area (Å²) in [6, 6.07) is 9.39. The summed E-state index contributed by atoms with van der Waals surface area (Å²) in [5.41, 5.74) is 3.53. The number of benzene rings is 1. The van der Waals surface area contributed by atoms with Gasteiger partial charge in [0.2, 0.25) is 0 Å². The summed E-state index contributed by atoms with van der Waals surface area (Å²) in [4.78, 5) is 15.9. The minimum atomic E-state index is -0.873. The van der Waals surface area contributed by atoms with E-state index in [2.05, 4.69) is 4.98 Å². The van der Waals surface area contributed by atoms with Crippen LogP contribution in [0.5, 0.6) is 11.5 Å². The Morgan fingerprint density at radius 1 is 1.24 bits per heavy atom. The van der Waals surface area contributed by atoms with E-state index in [4.69, 9.17) is 9.47 Å². The van der Waals surface area contributed by atoms with Gasteiger partial charge in [-0.15, -0.1) is 0 Å². The Morgan fingerprint density at radius 3 is 2.68 bits per heavy atom. The van der Waals surface area contributed by atoms with Gasteiger partial charge in [0.05, 0.1) is 26.3 Å². The van der Waals surface area contributed by atoms with Crippen molar-refractivity contribution in [3.05, 3.63) is 59.5 Å². The average Bonchev–Trinajstić information content (AvgIpc) is 3.04. The van der Waals surface area contributed by atoms with E-state index >= 15 is 0 Å². The van der Waals surface area contributed by atoms with Gasteiger partial charge in [0.15, 0.2) is 11.5 Å². The van der Waals surface area contributed by atoms with Gasteiger partial charge in [-0.05, 0) is 36.2 Å². The zero-order valence-corrected chi connectivity index (χ0v) is 14.4. The normalized spacial score (nSPS) is 12.1. The summed E-state index contributed by atoms with van der Waals surface area (Å²) in [6.07, 6.45) is 3.60. The molecule has 1 atom stereocenters. The lowest BCUT2D eigenvalue weighted by Crippen LogP contribution is -2.10. The van der Waals surface area contributed by atoms with Gasteiger partial charge >= 0.3 is 5.97 Å². The molecule has 6 nitrogen and oxygen atoms in total. The largest absolute Gasteiger partial charge is 0.493 e. The summed E-state index contributed by atoms with van der Waals surface area (Å²) in [5, 5.41) is 9.41. The molecule has 0 spiro atoms. The molecule has 6 heteroatoms. The van der Waals surface area contributed by atoms with Crippen molar-refractivity contribution < 1.29 is 19.4 Å². The number of hydrogen-bond donors (Lipinski definition) is 1. The molecule has 130 valence electrons. The van der Waals surface area contributed by atoms with Gasteiger partial charge in [-0.25, -0.2) is 4.98 Å². The van der Waals surface area contributed by atoms with Crippen LogP contribution in [0.1, 0.15) is 29.2 Å². The molecule has 25 heavy (non-hydrogen) atoms. The van der Waals surface area contributed by atoms with E-state index in [0.717, 1.165) is 22.5 Å². The van der Waals surface area contributed by atoms with Crippen molar-refractivity contribution in [3.63, 3.8) is 0 Å². The molecule has 0 aliphatic heterocycles. The number of aliphatic carboxylic acids is 1. The molecule has 0 amide bonds. The van der Waals surface area contributed by atoms with Crippen LogP contribution < -0.4 is 9.47 Å². The number of nitrogens with zero attached hydrogens (tertiary/aromatic N) is 2. The number of rotatable bonds is 6. The van der Waals surface area contributed by atoms with E-state index in [1.807, 2.05) is 41.8 Å². The quantitative estimate of drug-likeness (QED) is 0.745. The maximum Gasteiger partial charge on any atom is 0.304 e. The molecule has 3 aromatic rings. The lowest BCUT2D eigenvalue weighted by atomic mass is 9.92. The Bertz CT molecular complexity index is 917. The van der Waals surface area contributed by atoms with Crippen molar-refractivity contribution in [2.75, 3.05) is 14.2 Å². The van der Waals surface area contributed by atoms with Gasteiger partial charge < -0.3 is 19.0 Å². The minimum Gasteiger partial charge on any atom is -0.493 e. The Hall–Kier alpha value is -3.02. The highest BCUT2D eigenvalue weighted by molar-refractivity contribution is 5.69. The number of carboxylic acid groups (broad SMARTS) is 1. The number of hydrogen-bond acceptors (Lipinski definition) is 4. The van der Waals surface area contributed by atoms with Crippen LogP contribution in [-0.4, -0.2) is 34.7 Å². The number of carbonyl (C=O) groups is 1. The molecule has 2 heterocycles. The van der Waals surface area contributed by atoms with Gasteiger partial charge in [-0.3, -0.25) is 4.79 Å². The van der Waals surface area contributed by atoms with E-state index in [1.165, 1.54) is 0 Å². The molecule has 0 radical (unpaired) electrons. The second-order valence-electron chi connectivity index (χ2n) is 5.83. The number of aromatic nitrogens is 2. The van der Waals surface area contributed by atoms with E-state index in [-0.39, 0.29) is 12.3 Å². The third-order valence-corrected chi connectivity index (χ3v) is 4.31. The number of imidazole rings is 1. The van der Waals surface area contributed by atoms with Crippen LogP contribution in [0.15, 0.2) is 42.7 Å². The highest BCUT2D eigenvalue weighted by Crippen LogP contribution is 2.35. The molecule has 0 aliphatic carbocycles. The monoisotopic (exact) mass is 340 g/mol. The number of carboxylic acids is 1. The summed E-state index contributed by atoms with van der Waals surface area (Å²) in [5.74, 6) is -0.0498. The molecular formula is C19H20N2O4. The molecule has 1 aromatic carbocycles. The van der Waals surface area contributed by atoms with Gasteiger partial charge in [0, 0.05) is 18.3 Å². The topological polar surface area (TPSA) is 73.1 Å². The van der Waals surface area contributed by atoms with Crippen molar-refractivity contribution in [1.82, 2.24) is 9.38 Å². The second-order valence-corrected chi connectivity index (χ2v) is 5.83. The first kappa shape index (κ1) is 16.8. The van der Waals surface area contributed by atoms with Crippen LogP contribution in [0.3, 0.4) is 0 Å². The van der Waals surface area contributed by atoms with Crippen molar-refractivity contribution >= 4 is 11.6 Å². The first-order valence-electron chi connectivity index (χ1n) is 7.91. The van der Waals surface area contributed by atoms with Gasteiger partial charge in [0.1, 0.15) is 5.65 Å². The van der Waals surface area contributed by atoms with E-state index < -0.39 is 5.97 Å². The van der Waals surface area contributed by atoms with Gasteiger partial charge in [-0.1, -0.05) is 12.1 Å². The Kier molecular flexibility index (Phi) is 4.61. The predicted octanol–water partition coefficient (Wildman–Crippen LogP) is 3.27. The van der Waals surface area contributed by atoms with Crippen molar-refractivity contribution in [3.8, 4) is 11.5 Å². The number of aryl methyl sites for hydroxylation is 1. The smallest absolute Gasteiger partial charge is 0.304 e. The number of methoxy groups -OCH3 is 2. The molecule has 3 rings (SSSR count). The first-order chi connectivity index (χ1) is 12.0. The van der Waals surface area contributed by atoms with Gasteiger partial charge in [0.25, 0.3) is 0 Å². The second kappa shape index (κ2) is 6.84. The highest BCUT2D eigenvalue weighted by atomic mass is 16.5. The molecule has 2 aromatic heterocycles. The van der Waals surface area contributed by atoms with E-state index in [1.54, 1.807) is 26.5 Å². The Morgan fingerprint density at radius 2 is 2.00 bits per heavy atom. The molecule has 0 fully saturated rings. The summed E-state index contributed by atoms with van der Waals surface area (Å²) in [7, 11) is 3.13. The van der Waals surface area contributed by atoms with Crippen molar-refractivity contribution in [2.45, 2.75) is 19.3 Å². The van der Waals surface area contributed by atoms with Crippen molar-refractivity contribution in [1.29, 1.82) is 0 Å². The lowest BCUT2D eigenvalue weighted by molar-refractivity contribution is -0.137. The van der Waals surface area contributed by atoms with Crippen LogP contribution in [0.4, 0.5) is 0 Å². The lowest BCUT2D eigenvalue weighted by Gasteiger charge is -2.17. The fourth-order valence-corrected chi connectivity index (χ4v) is 3.07. The molecule has 0 saturated carbocycles. The van der Waals surface area contributed by atoms with Crippen LogP contribution in [0.25, 0.3) is 5.65 Å². The Balaban J connectivity index is 2.14. The van der Waals surface area contributed by atoms with Crippen LogP contribution in [0.2, 0.25) is 0 Å². The number of fused-ring (bicyclic) bond motifs is 1. The van der Waals surface area contributed by atoms with Crippen LogP contribution >= 0.6 is 0 Å². The molecule has 0 bridgehead atoms. The third kappa shape index (κ3) is 3.15. The fourth-order valence-electron chi connectivity index (χ4n) is 3.07. The zero-order chi connectivity index (χ0) is 18.0. The number of ether oxygens (including phenoxy) is 2. The SMILES string of the molecule is COc1ccc(C(CC(=O)O)c2cnc3c(C)cccn23)cc1OC. The summed E-state index contributed by atoms with van der Waals surface area (Å²) >= 11 is 0. The van der Waals surface area contributed by atoms with Crippen LogP contribution in [0, 0.1) is 6.92 Å². The Labute approximate surface area is 145 Å². The fraction of sp³-hybridized carbons (Fsp3) is 0.263. The first-order valence-corrected chi connectivity index (χ1v) is 7.91. The molecule has 1 unspecified atom stereocenters. The minimum absolute atomic E-state index is 0.0444. The maximum absolute atomic E-state index is 11.5. The van der Waals surface area contributed by atoms with Gasteiger partial charge in [-0.2, -0.15) is 0 Å². The molecule has 1 N–H and O–H groups in total. The third-order valence-electron chi connectivity index (χ3n) is 4.31. The predicted molar refractivity (Wildman–Crippen MR) is 93.6 cm³/mol. The van der Waals surface area contributed by atoms with Crippen LogP contribution in [-0.2, 0) is 4.79 Å². The molecular weight excluding hydrogens is 320 g/mol. The average molecular weight is 340 g/mol. The van der Waals surface area contributed by atoms with E-state index in [0.29, 0.717) is 11.5 Å². The number of pyridine rings is 1. The summed E-state index contributed by atoms with van der Waals surface area (Å²) in [6.45, 7) is 1.98. The molecule has 0 aliphatic rings. The van der Waals surface area contributed by atoms with E-state index in [9.17, 15) is 9.90 Å². The molecule has 0 saturated heterocycles. The highest BCUT2D eigenvalue weighted by Gasteiger charge is 2.23.